The third-order valence-corrected chi connectivity index (χ3v) is 5.32. The number of carbonyl (C=O) groups excluding carboxylic acids is 2. The molecule has 3 aromatic carbocycles. The second kappa shape index (κ2) is 10.1. The third-order valence-electron chi connectivity index (χ3n) is 5.32. The molecule has 0 saturated carbocycles. The molecule has 0 aliphatic heterocycles. The van der Waals surface area contributed by atoms with E-state index in [1.54, 1.807) is 67.6 Å². The number of aryl methyl sites for hydroxylation is 1. The molecule has 0 fully saturated rings. The van der Waals surface area contributed by atoms with Gasteiger partial charge < -0.3 is 15.0 Å². The first kappa shape index (κ1) is 22.8. The third kappa shape index (κ3) is 5.35. The molecule has 0 spiro atoms. The Hall–Kier alpha value is -4.33. The number of benzene rings is 3. The van der Waals surface area contributed by atoms with Crippen molar-refractivity contribution in [1.82, 2.24) is 15.3 Å². The Morgan fingerprint density at radius 1 is 1.06 bits per heavy atom. The fraction of sp³-hybridized carbons (Fsp3) is 0.154. The smallest absolute Gasteiger partial charge is 0.338 e. The number of fused-ring (bicyclic) bond motifs is 1. The van der Waals surface area contributed by atoms with Crippen molar-refractivity contribution >= 4 is 22.8 Å². The highest BCUT2D eigenvalue weighted by Crippen LogP contribution is 2.15. The fourth-order valence-electron chi connectivity index (χ4n) is 3.48. The Bertz CT molecular complexity index is 1430. The molecule has 1 aromatic heterocycles. The zero-order valence-corrected chi connectivity index (χ0v) is 18.4. The van der Waals surface area contributed by atoms with Gasteiger partial charge in [-0.3, -0.25) is 9.59 Å². The lowest BCUT2D eigenvalue weighted by atomic mass is 10.0. The molecule has 34 heavy (non-hydrogen) atoms. The van der Waals surface area contributed by atoms with Crippen LogP contribution in [-0.2, 0) is 22.5 Å². The summed E-state index contributed by atoms with van der Waals surface area (Å²) in [5.74, 6) is -1.12. The van der Waals surface area contributed by atoms with Crippen LogP contribution in [0.25, 0.3) is 10.9 Å². The second-order valence-electron chi connectivity index (χ2n) is 7.80. The highest BCUT2D eigenvalue weighted by Gasteiger charge is 2.16. The zero-order valence-electron chi connectivity index (χ0n) is 18.4. The van der Waals surface area contributed by atoms with Crippen LogP contribution in [-0.4, -0.2) is 28.5 Å². The maximum absolute atomic E-state index is 13.6. The van der Waals surface area contributed by atoms with Gasteiger partial charge in [0, 0.05) is 13.0 Å². The number of para-hydroxylation sites is 1. The van der Waals surface area contributed by atoms with Crippen LogP contribution in [0.5, 0.6) is 0 Å². The number of aromatic amines is 1. The van der Waals surface area contributed by atoms with Gasteiger partial charge in [0.15, 0.2) is 6.61 Å². The van der Waals surface area contributed by atoms with Crippen LogP contribution in [0.4, 0.5) is 4.39 Å². The number of esters is 1. The number of carbonyl (C=O) groups is 2. The van der Waals surface area contributed by atoms with E-state index in [1.807, 2.05) is 0 Å². The van der Waals surface area contributed by atoms with Crippen LogP contribution in [0.1, 0.15) is 32.9 Å². The fourth-order valence-corrected chi connectivity index (χ4v) is 3.48. The Morgan fingerprint density at radius 3 is 2.65 bits per heavy atom. The number of rotatable bonds is 7. The van der Waals surface area contributed by atoms with E-state index >= 15 is 0 Å². The van der Waals surface area contributed by atoms with E-state index in [-0.39, 0.29) is 29.9 Å². The van der Waals surface area contributed by atoms with Crippen molar-refractivity contribution in [3.8, 4) is 0 Å². The van der Waals surface area contributed by atoms with Gasteiger partial charge in [-0.25, -0.2) is 14.2 Å². The number of hydrogen-bond acceptors (Lipinski definition) is 5. The first-order chi connectivity index (χ1) is 16.4. The Balaban J connectivity index is 1.40. The quantitative estimate of drug-likeness (QED) is 0.413. The number of nitrogens with one attached hydrogen (secondary N) is 2. The van der Waals surface area contributed by atoms with E-state index in [0.29, 0.717) is 33.4 Å². The van der Waals surface area contributed by atoms with Gasteiger partial charge >= 0.3 is 5.97 Å². The molecule has 4 aromatic rings. The van der Waals surface area contributed by atoms with Crippen molar-refractivity contribution in [2.75, 3.05) is 6.61 Å². The summed E-state index contributed by atoms with van der Waals surface area (Å²) in [6.45, 7) is 1.29. The largest absolute Gasteiger partial charge is 0.452 e. The summed E-state index contributed by atoms with van der Waals surface area (Å²) in [4.78, 5) is 44.3. The zero-order chi connectivity index (χ0) is 24.1. The summed E-state index contributed by atoms with van der Waals surface area (Å²) in [5.41, 5.74) is 2.29. The minimum absolute atomic E-state index is 0.116. The van der Waals surface area contributed by atoms with Gasteiger partial charge in [0.25, 0.3) is 11.5 Å². The molecule has 2 N–H and O–H groups in total. The summed E-state index contributed by atoms with van der Waals surface area (Å²) in [6.07, 6.45) is 0.205. The van der Waals surface area contributed by atoms with Crippen LogP contribution in [0.2, 0.25) is 0 Å². The van der Waals surface area contributed by atoms with Gasteiger partial charge in [0.2, 0.25) is 0 Å². The molecule has 0 atom stereocenters. The lowest BCUT2D eigenvalue weighted by Crippen LogP contribution is -2.28. The molecule has 8 heteroatoms. The van der Waals surface area contributed by atoms with Crippen molar-refractivity contribution in [2.45, 2.75) is 19.9 Å². The second-order valence-corrected chi connectivity index (χ2v) is 7.80. The van der Waals surface area contributed by atoms with Crippen molar-refractivity contribution < 1.29 is 18.7 Å². The van der Waals surface area contributed by atoms with Crippen LogP contribution in [0, 0.1) is 12.7 Å². The summed E-state index contributed by atoms with van der Waals surface area (Å²) in [6, 6.07) is 18.5. The van der Waals surface area contributed by atoms with Gasteiger partial charge in [-0.2, -0.15) is 0 Å². The molecule has 0 unspecified atom stereocenters. The molecule has 0 saturated heterocycles. The van der Waals surface area contributed by atoms with E-state index in [9.17, 15) is 18.8 Å². The van der Waals surface area contributed by atoms with Gasteiger partial charge in [0.05, 0.1) is 16.5 Å². The standard InChI is InChI=1S/C26H22FN3O4/c1-16-10-11-17(12-21(16)27)14-28-24(31)15-34-26(33)19-7-3-2-6-18(19)13-23-29-22-9-5-4-8-20(22)25(32)30-23/h2-12H,13-15H2,1H3,(H,28,31)(H,29,30,32). The predicted octanol–water partition coefficient (Wildman–Crippen LogP) is 3.43. The van der Waals surface area contributed by atoms with E-state index in [0.717, 1.165) is 0 Å². The van der Waals surface area contributed by atoms with Crippen LogP contribution in [0.3, 0.4) is 0 Å². The number of H-pyrrole nitrogens is 1. The monoisotopic (exact) mass is 459 g/mol. The van der Waals surface area contributed by atoms with Crippen molar-refractivity contribution in [3.63, 3.8) is 0 Å². The van der Waals surface area contributed by atoms with Gasteiger partial charge in [-0.15, -0.1) is 0 Å². The number of aromatic nitrogens is 2. The molecule has 7 nitrogen and oxygen atoms in total. The molecule has 172 valence electrons. The van der Waals surface area contributed by atoms with E-state index in [1.165, 1.54) is 6.07 Å². The molecule has 4 rings (SSSR count). The number of halogens is 1. The molecule has 0 bridgehead atoms. The van der Waals surface area contributed by atoms with Gasteiger partial charge in [-0.1, -0.05) is 42.5 Å². The minimum Gasteiger partial charge on any atom is -0.452 e. The van der Waals surface area contributed by atoms with E-state index < -0.39 is 18.5 Å². The lowest BCUT2D eigenvalue weighted by molar-refractivity contribution is -0.124. The van der Waals surface area contributed by atoms with E-state index in [4.69, 9.17) is 4.74 Å². The Morgan fingerprint density at radius 2 is 1.82 bits per heavy atom. The number of hydrogen-bond donors (Lipinski definition) is 2. The number of amides is 1. The summed E-state index contributed by atoms with van der Waals surface area (Å²) in [7, 11) is 0. The normalized spacial score (nSPS) is 10.8. The lowest BCUT2D eigenvalue weighted by Gasteiger charge is -2.10. The predicted molar refractivity (Wildman–Crippen MR) is 125 cm³/mol. The molecule has 0 aliphatic carbocycles. The SMILES string of the molecule is Cc1ccc(CNC(=O)COC(=O)c2ccccc2Cc2nc3ccccc3c(=O)[nH]2)cc1F. The topological polar surface area (TPSA) is 101 Å². The van der Waals surface area contributed by atoms with Crippen molar-refractivity contribution in [3.05, 3.63) is 111 Å². The minimum atomic E-state index is -0.671. The highest BCUT2D eigenvalue weighted by molar-refractivity contribution is 5.92. The average Bonchev–Trinajstić information content (AvgIpc) is 2.83. The van der Waals surface area contributed by atoms with Crippen molar-refractivity contribution in [1.29, 1.82) is 0 Å². The molecular formula is C26H22FN3O4. The maximum atomic E-state index is 13.6. The summed E-state index contributed by atoms with van der Waals surface area (Å²) >= 11 is 0. The summed E-state index contributed by atoms with van der Waals surface area (Å²) < 4.78 is 18.8. The average molecular weight is 459 g/mol. The first-order valence-electron chi connectivity index (χ1n) is 10.7. The molecule has 0 radical (unpaired) electrons. The first-order valence-corrected chi connectivity index (χ1v) is 10.7. The summed E-state index contributed by atoms with van der Waals surface area (Å²) in [5, 5.41) is 3.08. The number of nitrogens with zero attached hydrogens (tertiary/aromatic N) is 1. The van der Waals surface area contributed by atoms with Gasteiger partial charge in [0.1, 0.15) is 11.6 Å². The van der Waals surface area contributed by atoms with Gasteiger partial charge in [-0.05, 0) is 47.9 Å². The number of ether oxygens (including phenoxy) is 1. The molecule has 1 heterocycles. The highest BCUT2D eigenvalue weighted by atomic mass is 19.1. The molecular weight excluding hydrogens is 437 g/mol. The molecule has 1 amide bonds. The molecule has 0 aliphatic rings. The van der Waals surface area contributed by atoms with Crippen LogP contribution >= 0.6 is 0 Å². The van der Waals surface area contributed by atoms with Crippen LogP contribution < -0.4 is 10.9 Å². The van der Waals surface area contributed by atoms with E-state index in [2.05, 4.69) is 15.3 Å². The Kier molecular flexibility index (Phi) is 6.77. The van der Waals surface area contributed by atoms with Crippen molar-refractivity contribution in [2.24, 2.45) is 0 Å². The maximum Gasteiger partial charge on any atom is 0.338 e. The Labute approximate surface area is 194 Å². The van der Waals surface area contributed by atoms with Crippen LogP contribution in [0.15, 0.2) is 71.5 Å².